The van der Waals surface area contributed by atoms with Crippen LogP contribution in [-0.2, 0) is 6.54 Å². The largest absolute Gasteiger partial charge is 0.495 e. The van der Waals surface area contributed by atoms with Gasteiger partial charge in [-0.1, -0.05) is 23.2 Å². The Balaban J connectivity index is 0.000000251. The molecule has 9 heteroatoms. The zero-order valence-corrected chi connectivity index (χ0v) is 18.0. The maximum Gasteiger partial charge on any atom is 0.155 e. The fourth-order valence-electron chi connectivity index (χ4n) is 1.91. The van der Waals surface area contributed by atoms with Gasteiger partial charge in [-0.15, -0.1) is 0 Å². The van der Waals surface area contributed by atoms with Crippen LogP contribution >= 0.6 is 55.1 Å². The minimum atomic E-state index is 0.251. The summed E-state index contributed by atoms with van der Waals surface area (Å²) in [6.07, 6.45) is 0.673. The first-order valence-corrected chi connectivity index (χ1v) is 9.10. The summed E-state index contributed by atoms with van der Waals surface area (Å²) in [7, 11) is 3.04. The quantitative estimate of drug-likeness (QED) is 0.406. The van der Waals surface area contributed by atoms with Crippen molar-refractivity contribution >= 4 is 61.3 Å². The number of hydrogen-bond acceptors (Lipinski definition) is 5. The number of ether oxygens (including phenoxy) is 2. The first-order valence-electron chi connectivity index (χ1n) is 6.76. The molecule has 0 spiro atoms. The van der Waals surface area contributed by atoms with Gasteiger partial charge in [0, 0.05) is 10.6 Å². The Morgan fingerprint density at radius 3 is 2.00 bits per heavy atom. The van der Waals surface area contributed by atoms with Crippen molar-refractivity contribution in [3.63, 3.8) is 0 Å². The maximum atomic E-state index is 10.6. The molecular weight excluding hydrogens is 501 g/mol. The van der Waals surface area contributed by atoms with E-state index in [-0.39, 0.29) is 6.54 Å². The van der Waals surface area contributed by atoms with E-state index >= 15 is 0 Å². The Morgan fingerprint density at radius 2 is 1.56 bits per heavy atom. The fraction of sp³-hybridized carbons (Fsp3) is 0.188. The van der Waals surface area contributed by atoms with Crippen molar-refractivity contribution in [1.29, 1.82) is 0 Å². The highest BCUT2D eigenvalue weighted by Gasteiger charge is 2.11. The summed E-state index contributed by atoms with van der Waals surface area (Å²) in [6.45, 7) is 0.251. The van der Waals surface area contributed by atoms with Gasteiger partial charge in [0.05, 0.1) is 40.3 Å². The van der Waals surface area contributed by atoms with E-state index in [1.54, 1.807) is 31.4 Å². The first kappa shape index (κ1) is 22.2. The maximum absolute atomic E-state index is 10.6. The lowest BCUT2D eigenvalue weighted by Gasteiger charge is -2.10. The SMILES string of the molecule is COc1c(Br)ccc(Cl)c1C=O.COc1c(Br)ccc(Cl)c1CNO. The van der Waals surface area contributed by atoms with Crippen LogP contribution in [0.25, 0.3) is 0 Å². The van der Waals surface area contributed by atoms with E-state index < -0.39 is 0 Å². The second-order valence-electron chi connectivity index (χ2n) is 4.47. The Kier molecular flexibility index (Phi) is 9.78. The zero-order valence-electron chi connectivity index (χ0n) is 13.3. The van der Waals surface area contributed by atoms with Crippen molar-refractivity contribution in [3.05, 3.63) is 54.4 Å². The van der Waals surface area contributed by atoms with Gasteiger partial charge in [-0.2, -0.15) is 0 Å². The van der Waals surface area contributed by atoms with Gasteiger partial charge in [0.25, 0.3) is 0 Å². The van der Waals surface area contributed by atoms with E-state index in [0.717, 1.165) is 14.5 Å². The molecule has 0 aliphatic rings. The lowest BCUT2D eigenvalue weighted by atomic mass is 10.2. The molecule has 5 nitrogen and oxygen atoms in total. The highest BCUT2D eigenvalue weighted by atomic mass is 79.9. The predicted molar refractivity (Wildman–Crippen MR) is 105 cm³/mol. The third-order valence-corrected chi connectivity index (χ3v) is 4.96. The summed E-state index contributed by atoms with van der Waals surface area (Å²) in [6, 6.07) is 6.90. The number of carbonyl (C=O) groups excluding carboxylic acids is 1. The molecule has 2 aromatic rings. The number of halogens is 4. The smallest absolute Gasteiger partial charge is 0.155 e. The summed E-state index contributed by atoms with van der Waals surface area (Å²) in [4.78, 5) is 10.6. The second kappa shape index (κ2) is 11.0. The molecular formula is C16H15Br2Cl2NO4. The standard InChI is InChI=1S/C8H9BrClNO2.C8H6BrClO2/c1-13-8-5(4-11-12)7(10)3-2-6(8)9;1-12-8-5(4-11)7(10)3-2-6(8)9/h2-3,11-12H,4H2,1H3;2-4H,1H3. The molecule has 0 atom stereocenters. The molecule has 0 amide bonds. The Labute approximate surface area is 172 Å². The van der Waals surface area contributed by atoms with Crippen molar-refractivity contribution in [3.8, 4) is 11.5 Å². The van der Waals surface area contributed by atoms with E-state index in [0.29, 0.717) is 33.4 Å². The molecule has 25 heavy (non-hydrogen) atoms. The van der Waals surface area contributed by atoms with Crippen LogP contribution in [0.4, 0.5) is 0 Å². The number of hydrogen-bond donors (Lipinski definition) is 2. The van der Waals surface area contributed by atoms with Gasteiger partial charge in [0.2, 0.25) is 0 Å². The molecule has 2 N–H and O–H groups in total. The van der Waals surface area contributed by atoms with E-state index in [1.807, 2.05) is 5.48 Å². The zero-order chi connectivity index (χ0) is 19.0. The molecule has 0 aliphatic heterocycles. The fourth-order valence-corrected chi connectivity index (χ4v) is 3.36. The normalized spacial score (nSPS) is 9.88. The van der Waals surface area contributed by atoms with Gasteiger partial charge >= 0.3 is 0 Å². The molecule has 0 aliphatic carbocycles. The molecule has 2 rings (SSSR count). The monoisotopic (exact) mass is 513 g/mol. The molecule has 0 radical (unpaired) electrons. The predicted octanol–water partition coefficient (Wildman–Crippen LogP) is 5.51. The summed E-state index contributed by atoms with van der Waals surface area (Å²) < 4.78 is 11.6. The van der Waals surface area contributed by atoms with Crippen molar-refractivity contribution < 1.29 is 19.5 Å². The number of rotatable bonds is 5. The second-order valence-corrected chi connectivity index (χ2v) is 6.99. The van der Waals surface area contributed by atoms with Crippen LogP contribution < -0.4 is 15.0 Å². The van der Waals surface area contributed by atoms with Gasteiger partial charge in [-0.25, -0.2) is 5.48 Å². The Morgan fingerprint density at radius 1 is 1.04 bits per heavy atom. The summed E-state index contributed by atoms with van der Waals surface area (Å²) in [5.41, 5.74) is 3.13. The van der Waals surface area contributed by atoms with Crippen molar-refractivity contribution in [1.82, 2.24) is 5.48 Å². The average molecular weight is 516 g/mol. The van der Waals surface area contributed by atoms with E-state index in [4.69, 9.17) is 37.9 Å². The molecule has 0 bridgehead atoms. The van der Waals surface area contributed by atoms with Crippen molar-refractivity contribution in [2.75, 3.05) is 14.2 Å². The molecule has 0 aromatic heterocycles. The first-order chi connectivity index (χ1) is 11.9. The van der Waals surface area contributed by atoms with Crippen LogP contribution in [0.15, 0.2) is 33.2 Å². The highest BCUT2D eigenvalue weighted by molar-refractivity contribution is 9.10. The van der Waals surface area contributed by atoms with Crippen LogP contribution in [0, 0.1) is 0 Å². The minimum Gasteiger partial charge on any atom is -0.495 e. The van der Waals surface area contributed by atoms with E-state index in [2.05, 4.69) is 31.9 Å². The summed E-state index contributed by atoms with van der Waals surface area (Å²) >= 11 is 18.2. The minimum absolute atomic E-state index is 0.251. The van der Waals surface area contributed by atoms with E-state index in [9.17, 15) is 4.79 Å². The number of hydroxylamine groups is 1. The topological polar surface area (TPSA) is 67.8 Å². The summed E-state index contributed by atoms with van der Waals surface area (Å²) in [5, 5.41) is 9.53. The molecule has 0 unspecified atom stereocenters. The number of aldehydes is 1. The van der Waals surface area contributed by atoms with Crippen LogP contribution in [0.2, 0.25) is 10.0 Å². The molecule has 136 valence electrons. The van der Waals surface area contributed by atoms with Crippen LogP contribution in [0.3, 0.4) is 0 Å². The van der Waals surface area contributed by atoms with Gasteiger partial charge in [0.1, 0.15) is 11.5 Å². The van der Waals surface area contributed by atoms with Crippen molar-refractivity contribution in [2.24, 2.45) is 0 Å². The van der Waals surface area contributed by atoms with Gasteiger partial charge in [0.15, 0.2) is 6.29 Å². The van der Waals surface area contributed by atoms with Gasteiger partial charge in [-0.3, -0.25) is 4.79 Å². The number of carbonyl (C=O) groups is 1. The molecule has 0 saturated carbocycles. The van der Waals surface area contributed by atoms with Gasteiger partial charge in [-0.05, 0) is 56.1 Å². The van der Waals surface area contributed by atoms with E-state index in [1.165, 1.54) is 7.11 Å². The van der Waals surface area contributed by atoms with Gasteiger partial charge < -0.3 is 14.7 Å². The van der Waals surface area contributed by atoms with Crippen LogP contribution in [0.1, 0.15) is 15.9 Å². The Bertz CT molecular complexity index is 745. The Hall–Kier alpha value is -0.830. The lowest BCUT2D eigenvalue weighted by molar-refractivity contribution is 0.112. The third-order valence-electron chi connectivity index (χ3n) is 3.03. The average Bonchev–Trinajstić information content (AvgIpc) is 2.60. The number of nitrogens with one attached hydrogen (secondary N) is 1. The number of methoxy groups -OCH3 is 2. The number of benzene rings is 2. The lowest BCUT2D eigenvalue weighted by Crippen LogP contribution is -2.08. The molecule has 2 aromatic carbocycles. The third kappa shape index (κ3) is 5.84. The molecule has 0 fully saturated rings. The van der Waals surface area contributed by atoms with Crippen LogP contribution in [-0.4, -0.2) is 25.7 Å². The molecule has 0 heterocycles. The summed E-state index contributed by atoms with van der Waals surface area (Å²) in [5.74, 6) is 1.10. The van der Waals surface area contributed by atoms with Crippen molar-refractivity contribution in [2.45, 2.75) is 6.54 Å². The van der Waals surface area contributed by atoms with Crippen LogP contribution in [0.5, 0.6) is 11.5 Å². The molecule has 0 saturated heterocycles. The highest BCUT2D eigenvalue weighted by Crippen LogP contribution is 2.34.